The minimum absolute atomic E-state index is 0.100. The zero-order chi connectivity index (χ0) is 27.6. The molecule has 5 rings (SSSR count). The van der Waals surface area contributed by atoms with E-state index in [9.17, 15) is 13.6 Å². The number of anilines is 1. The van der Waals surface area contributed by atoms with Crippen molar-refractivity contribution < 1.29 is 18.0 Å². The van der Waals surface area contributed by atoms with Crippen molar-refractivity contribution in [3.05, 3.63) is 113 Å². The summed E-state index contributed by atoms with van der Waals surface area (Å²) in [5, 5.41) is 6.49. The third kappa shape index (κ3) is 5.74. The van der Waals surface area contributed by atoms with E-state index in [1.54, 1.807) is 30.3 Å². The lowest BCUT2D eigenvalue weighted by atomic mass is 9.79. The summed E-state index contributed by atoms with van der Waals surface area (Å²) in [4.78, 5) is 13.4. The maximum atomic E-state index is 15.0. The highest BCUT2D eigenvalue weighted by molar-refractivity contribution is 6.03. The number of alkyl halides is 2. The summed E-state index contributed by atoms with van der Waals surface area (Å²) in [6, 6.07) is 21.8. The van der Waals surface area contributed by atoms with Crippen LogP contribution in [0.15, 0.2) is 78.9 Å². The largest absolute Gasteiger partial charge is 0.326 e. The van der Waals surface area contributed by atoms with Crippen LogP contribution in [0.5, 0.6) is 0 Å². The zero-order valence-electron chi connectivity index (χ0n) is 21.3. The number of halogens is 3. The van der Waals surface area contributed by atoms with E-state index in [0.29, 0.717) is 23.6 Å². The molecule has 0 bridgehead atoms. The van der Waals surface area contributed by atoms with Crippen LogP contribution in [0.4, 0.5) is 18.9 Å². The van der Waals surface area contributed by atoms with Crippen LogP contribution in [0.1, 0.15) is 65.0 Å². The van der Waals surface area contributed by atoms with Gasteiger partial charge in [-0.15, -0.1) is 0 Å². The summed E-state index contributed by atoms with van der Waals surface area (Å²) >= 11 is 0. The van der Waals surface area contributed by atoms with Crippen molar-refractivity contribution in [3.8, 4) is 5.69 Å². The highest BCUT2D eigenvalue weighted by Crippen LogP contribution is 2.40. The SMILES string of the molecule is NCc1cccc(-n2nc(C(F)F)cc2C(=O)Nc2cc(C(N)(CCC3CC3)c3ccccc3)ccc2F)c1. The fraction of sp³-hybridized carbons (Fsp3) is 0.267. The van der Waals surface area contributed by atoms with Gasteiger partial charge in [0.2, 0.25) is 0 Å². The number of carbonyl (C=O) groups excluding carboxylic acids is 1. The van der Waals surface area contributed by atoms with Crippen molar-refractivity contribution in [1.29, 1.82) is 0 Å². The Labute approximate surface area is 224 Å². The molecule has 9 heteroatoms. The molecule has 0 saturated heterocycles. The van der Waals surface area contributed by atoms with Gasteiger partial charge in [0.1, 0.15) is 17.2 Å². The number of nitrogens with two attached hydrogens (primary N) is 2. The lowest BCUT2D eigenvalue weighted by Gasteiger charge is -2.31. The van der Waals surface area contributed by atoms with Gasteiger partial charge in [-0.25, -0.2) is 17.9 Å². The van der Waals surface area contributed by atoms with Crippen molar-refractivity contribution >= 4 is 11.6 Å². The molecule has 0 radical (unpaired) electrons. The number of aromatic nitrogens is 2. The Morgan fingerprint density at radius 3 is 2.49 bits per heavy atom. The Balaban J connectivity index is 1.49. The topological polar surface area (TPSA) is 99.0 Å². The van der Waals surface area contributed by atoms with E-state index in [1.807, 2.05) is 30.3 Å². The summed E-state index contributed by atoms with van der Waals surface area (Å²) in [6.45, 7) is 0.222. The minimum atomic E-state index is -2.90. The van der Waals surface area contributed by atoms with Gasteiger partial charge in [0.25, 0.3) is 12.3 Å². The average molecular weight is 534 g/mol. The van der Waals surface area contributed by atoms with E-state index >= 15 is 4.39 Å². The van der Waals surface area contributed by atoms with Crippen LogP contribution in [-0.2, 0) is 12.1 Å². The molecule has 6 nitrogen and oxygen atoms in total. The molecule has 0 aliphatic heterocycles. The molecule has 1 atom stereocenters. The van der Waals surface area contributed by atoms with Gasteiger partial charge in [-0.3, -0.25) is 4.79 Å². The smallest absolute Gasteiger partial charge is 0.282 e. The Hall–Kier alpha value is -3.95. The van der Waals surface area contributed by atoms with Gasteiger partial charge in [-0.2, -0.15) is 5.10 Å². The van der Waals surface area contributed by atoms with Gasteiger partial charge >= 0.3 is 0 Å². The Kier molecular flexibility index (Phi) is 7.54. The molecule has 1 amide bonds. The van der Waals surface area contributed by atoms with Crippen molar-refractivity contribution in [1.82, 2.24) is 9.78 Å². The summed E-state index contributed by atoms with van der Waals surface area (Å²) in [7, 11) is 0. The average Bonchev–Trinajstić information content (AvgIpc) is 3.68. The molecule has 1 unspecified atom stereocenters. The molecule has 5 N–H and O–H groups in total. The van der Waals surface area contributed by atoms with Gasteiger partial charge in [0, 0.05) is 6.54 Å². The second kappa shape index (κ2) is 11.0. The molecule has 1 aliphatic rings. The molecule has 3 aromatic carbocycles. The van der Waals surface area contributed by atoms with Crippen molar-refractivity contribution in [2.24, 2.45) is 17.4 Å². The fourth-order valence-corrected chi connectivity index (χ4v) is 4.79. The monoisotopic (exact) mass is 533 g/mol. The normalized spacial score (nSPS) is 14.8. The molecule has 202 valence electrons. The summed E-state index contributed by atoms with van der Waals surface area (Å²) in [6.07, 6.45) is 1.05. The lowest BCUT2D eigenvalue weighted by Crippen LogP contribution is -2.38. The molecule has 1 fully saturated rings. The Morgan fingerprint density at radius 1 is 1.03 bits per heavy atom. The number of hydrogen-bond donors (Lipinski definition) is 3. The first-order valence-corrected chi connectivity index (χ1v) is 12.9. The van der Waals surface area contributed by atoms with Gasteiger partial charge < -0.3 is 16.8 Å². The first kappa shape index (κ1) is 26.6. The van der Waals surface area contributed by atoms with Crippen LogP contribution in [-0.4, -0.2) is 15.7 Å². The van der Waals surface area contributed by atoms with Crippen molar-refractivity contribution in [3.63, 3.8) is 0 Å². The maximum absolute atomic E-state index is 15.0. The van der Waals surface area contributed by atoms with Crippen LogP contribution in [0.2, 0.25) is 0 Å². The van der Waals surface area contributed by atoms with Crippen LogP contribution in [0.3, 0.4) is 0 Å². The number of amides is 1. The number of rotatable bonds is 10. The van der Waals surface area contributed by atoms with E-state index in [4.69, 9.17) is 11.5 Å². The summed E-state index contributed by atoms with van der Waals surface area (Å²) in [5.74, 6) is -0.822. The second-order valence-corrected chi connectivity index (χ2v) is 10.0. The highest BCUT2D eigenvalue weighted by Gasteiger charge is 2.33. The van der Waals surface area contributed by atoms with E-state index in [0.717, 1.165) is 28.3 Å². The zero-order valence-corrected chi connectivity index (χ0v) is 21.3. The van der Waals surface area contributed by atoms with Gasteiger partial charge in [0.05, 0.1) is 16.9 Å². The number of carbonyl (C=O) groups is 1. The number of nitrogens with zero attached hydrogens (tertiary/aromatic N) is 2. The summed E-state index contributed by atoms with van der Waals surface area (Å²) in [5.41, 5.74) is 13.6. The molecule has 1 saturated carbocycles. The molecule has 1 aromatic heterocycles. The van der Waals surface area contributed by atoms with Gasteiger partial charge in [-0.05, 0) is 65.8 Å². The molecule has 4 aromatic rings. The first-order valence-electron chi connectivity index (χ1n) is 12.9. The number of nitrogens with one attached hydrogen (secondary N) is 1. The molecular weight excluding hydrogens is 503 g/mol. The Bertz CT molecular complexity index is 1470. The third-order valence-corrected chi connectivity index (χ3v) is 7.24. The fourth-order valence-electron chi connectivity index (χ4n) is 4.79. The van der Waals surface area contributed by atoms with Crippen LogP contribution < -0.4 is 16.8 Å². The van der Waals surface area contributed by atoms with Crippen molar-refractivity contribution in [2.45, 2.75) is 44.2 Å². The highest BCUT2D eigenvalue weighted by atomic mass is 19.3. The standard InChI is InChI=1S/C30H30F3N5O/c31-24-12-11-22(30(35,14-13-19-9-10-19)21-6-2-1-3-7-21)16-25(24)36-29(39)27-17-26(28(32)33)37-38(27)23-8-4-5-20(15-23)18-34/h1-8,11-12,15-17,19,28H,9-10,13-14,18,34-35H2,(H,36,39). The van der Waals surface area contributed by atoms with E-state index in [-0.39, 0.29) is 17.9 Å². The molecule has 1 heterocycles. The Morgan fingerprint density at radius 2 is 1.79 bits per heavy atom. The summed E-state index contributed by atoms with van der Waals surface area (Å²) < 4.78 is 43.2. The van der Waals surface area contributed by atoms with Crippen LogP contribution in [0.25, 0.3) is 5.69 Å². The van der Waals surface area contributed by atoms with E-state index in [2.05, 4.69) is 10.4 Å². The molecular formula is C30H30F3N5O. The molecule has 1 aliphatic carbocycles. The van der Waals surface area contributed by atoms with E-state index < -0.39 is 29.4 Å². The van der Waals surface area contributed by atoms with Crippen LogP contribution >= 0.6 is 0 Å². The van der Waals surface area contributed by atoms with Crippen molar-refractivity contribution in [2.75, 3.05) is 5.32 Å². The minimum Gasteiger partial charge on any atom is -0.326 e. The van der Waals surface area contributed by atoms with Crippen LogP contribution in [0, 0.1) is 11.7 Å². The van der Waals surface area contributed by atoms with Gasteiger partial charge in [0.15, 0.2) is 0 Å². The maximum Gasteiger partial charge on any atom is 0.282 e. The predicted molar refractivity (Wildman–Crippen MR) is 144 cm³/mol. The third-order valence-electron chi connectivity index (χ3n) is 7.24. The number of benzene rings is 3. The lowest BCUT2D eigenvalue weighted by molar-refractivity contribution is 0.101. The second-order valence-electron chi connectivity index (χ2n) is 10.0. The number of hydrogen-bond acceptors (Lipinski definition) is 4. The van der Waals surface area contributed by atoms with E-state index in [1.165, 1.54) is 25.0 Å². The quantitative estimate of drug-likeness (QED) is 0.231. The first-order chi connectivity index (χ1) is 18.8. The predicted octanol–water partition coefficient (Wildman–Crippen LogP) is 6.05. The van der Waals surface area contributed by atoms with Gasteiger partial charge in [-0.1, -0.05) is 61.4 Å². The molecule has 39 heavy (non-hydrogen) atoms. The molecule has 0 spiro atoms.